The monoisotopic (exact) mass is 368 g/mol. The quantitative estimate of drug-likeness (QED) is 0.788. The van der Waals surface area contributed by atoms with Crippen LogP contribution in [0.4, 0.5) is 4.79 Å². The molecule has 2 rings (SSSR count). The first-order valence-corrected chi connectivity index (χ1v) is 8.53. The molecule has 122 valence electrons. The van der Waals surface area contributed by atoms with Gasteiger partial charge in [0.15, 0.2) is 0 Å². The third-order valence-electron chi connectivity index (χ3n) is 3.84. The molecule has 5 heteroatoms. The summed E-state index contributed by atoms with van der Waals surface area (Å²) >= 11 is 3.52. The fourth-order valence-electron chi connectivity index (χ4n) is 2.60. The lowest BCUT2D eigenvalue weighted by atomic mass is 10.1. The molecule has 1 aromatic rings. The Bertz CT molecular complexity index is 520. The molecule has 0 saturated carbocycles. The molecule has 0 N–H and O–H groups in total. The lowest BCUT2D eigenvalue weighted by molar-refractivity contribution is 0.0110. The largest absolute Gasteiger partial charge is 0.444 e. The summed E-state index contributed by atoms with van der Waals surface area (Å²) < 4.78 is 6.54. The second kappa shape index (κ2) is 7.01. The summed E-state index contributed by atoms with van der Waals surface area (Å²) in [5.41, 5.74) is 0.859. The van der Waals surface area contributed by atoms with Crippen LogP contribution in [0.2, 0.25) is 0 Å². The number of halogens is 1. The van der Waals surface area contributed by atoms with E-state index in [1.807, 2.05) is 26.8 Å². The SMILES string of the molecule is C[C@H](c1cccc(Br)c1)N1CCN(C(=O)OC(C)(C)C)CC1. The van der Waals surface area contributed by atoms with Crippen LogP contribution in [0.25, 0.3) is 0 Å². The van der Waals surface area contributed by atoms with Crippen LogP contribution in [-0.4, -0.2) is 47.7 Å². The van der Waals surface area contributed by atoms with Gasteiger partial charge in [0.05, 0.1) is 0 Å². The minimum absolute atomic E-state index is 0.206. The molecule has 1 aliphatic heterocycles. The highest BCUT2D eigenvalue weighted by Gasteiger charge is 2.27. The Kier molecular flexibility index (Phi) is 5.50. The molecule has 0 unspecified atom stereocenters. The first-order chi connectivity index (χ1) is 10.3. The van der Waals surface area contributed by atoms with Gasteiger partial charge in [-0.2, -0.15) is 0 Å². The Labute approximate surface area is 141 Å². The Morgan fingerprint density at radius 3 is 2.41 bits per heavy atom. The van der Waals surface area contributed by atoms with Gasteiger partial charge in [-0.25, -0.2) is 4.79 Å². The number of nitrogens with zero attached hydrogens (tertiary/aromatic N) is 2. The summed E-state index contributed by atoms with van der Waals surface area (Å²) in [6, 6.07) is 8.75. The minimum atomic E-state index is -0.433. The van der Waals surface area contributed by atoms with Crippen LogP contribution in [-0.2, 0) is 4.74 Å². The Balaban J connectivity index is 1.90. The maximum atomic E-state index is 12.1. The highest BCUT2D eigenvalue weighted by Crippen LogP contribution is 2.24. The van der Waals surface area contributed by atoms with Crippen LogP contribution in [0.5, 0.6) is 0 Å². The van der Waals surface area contributed by atoms with Gasteiger partial charge >= 0.3 is 6.09 Å². The molecule has 1 atom stereocenters. The van der Waals surface area contributed by atoms with E-state index in [0.717, 1.165) is 17.6 Å². The van der Waals surface area contributed by atoms with Gasteiger partial charge in [0.1, 0.15) is 5.60 Å². The van der Waals surface area contributed by atoms with E-state index >= 15 is 0 Å². The van der Waals surface area contributed by atoms with Crippen molar-refractivity contribution in [2.45, 2.75) is 39.3 Å². The van der Waals surface area contributed by atoms with E-state index in [9.17, 15) is 4.79 Å². The van der Waals surface area contributed by atoms with E-state index in [-0.39, 0.29) is 6.09 Å². The molecular formula is C17H25BrN2O2. The number of hydrogen-bond donors (Lipinski definition) is 0. The molecule has 1 aliphatic rings. The Hall–Kier alpha value is -1.07. The van der Waals surface area contributed by atoms with Crippen molar-refractivity contribution < 1.29 is 9.53 Å². The first kappa shape index (κ1) is 17.3. The predicted molar refractivity (Wildman–Crippen MR) is 91.9 cm³/mol. The molecule has 0 aliphatic carbocycles. The average molecular weight is 369 g/mol. The number of piperazine rings is 1. The first-order valence-electron chi connectivity index (χ1n) is 7.74. The molecule has 0 radical (unpaired) electrons. The molecule has 4 nitrogen and oxygen atoms in total. The van der Waals surface area contributed by atoms with Crippen LogP contribution < -0.4 is 0 Å². The maximum absolute atomic E-state index is 12.1. The highest BCUT2D eigenvalue weighted by atomic mass is 79.9. The zero-order chi connectivity index (χ0) is 16.3. The van der Waals surface area contributed by atoms with Crippen molar-refractivity contribution in [3.8, 4) is 0 Å². The van der Waals surface area contributed by atoms with Crippen LogP contribution >= 0.6 is 15.9 Å². The predicted octanol–water partition coefficient (Wildman–Crippen LogP) is 4.06. The second-order valence-corrected chi connectivity index (χ2v) is 7.65. The fraction of sp³-hybridized carbons (Fsp3) is 0.588. The number of hydrogen-bond acceptors (Lipinski definition) is 3. The lowest BCUT2D eigenvalue weighted by Crippen LogP contribution is -2.50. The topological polar surface area (TPSA) is 32.8 Å². The van der Waals surface area contributed by atoms with Crippen LogP contribution in [0.15, 0.2) is 28.7 Å². The van der Waals surface area contributed by atoms with Crippen LogP contribution in [0.3, 0.4) is 0 Å². The Morgan fingerprint density at radius 2 is 1.86 bits per heavy atom. The highest BCUT2D eigenvalue weighted by molar-refractivity contribution is 9.10. The van der Waals surface area contributed by atoms with Crippen molar-refractivity contribution >= 4 is 22.0 Å². The molecule has 1 heterocycles. The standard InChI is InChI=1S/C17H25BrN2O2/c1-13(14-6-5-7-15(18)12-14)19-8-10-20(11-9-19)16(21)22-17(2,3)4/h5-7,12-13H,8-11H2,1-4H3/t13-/m1/s1. The number of rotatable bonds is 2. The van der Waals surface area contributed by atoms with Crippen molar-refractivity contribution in [1.82, 2.24) is 9.80 Å². The molecule has 1 fully saturated rings. The maximum Gasteiger partial charge on any atom is 0.410 e. The van der Waals surface area contributed by atoms with Gasteiger partial charge in [0, 0.05) is 36.7 Å². The zero-order valence-electron chi connectivity index (χ0n) is 13.8. The van der Waals surface area contributed by atoms with Crippen molar-refractivity contribution in [1.29, 1.82) is 0 Å². The minimum Gasteiger partial charge on any atom is -0.444 e. The normalized spacial score (nSPS) is 18.1. The molecule has 0 spiro atoms. The summed E-state index contributed by atoms with van der Waals surface area (Å²) in [5, 5.41) is 0. The van der Waals surface area contributed by atoms with Crippen molar-refractivity contribution in [2.75, 3.05) is 26.2 Å². The summed E-state index contributed by atoms with van der Waals surface area (Å²) in [5.74, 6) is 0. The van der Waals surface area contributed by atoms with Crippen LogP contribution in [0, 0.1) is 0 Å². The summed E-state index contributed by atoms with van der Waals surface area (Å²) in [6.45, 7) is 11.1. The number of ether oxygens (including phenoxy) is 1. The molecule has 1 amide bonds. The van der Waals surface area contributed by atoms with E-state index in [1.54, 1.807) is 4.90 Å². The van der Waals surface area contributed by atoms with Crippen molar-refractivity contribution in [2.24, 2.45) is 0 Å². The van der Waals surface area contributed by atoms with Gasteiger partial charge in [-0.05, 0) is 45.4 Å². The summed E-state index contributed by atoms with van der Waals surface area (Å²) in [6.07, 6.45) is -0.206. The zero-order valence-corrected chi connectivity index (χ0v) is 15.4. The van der Waals surface area contributed by atoms with Gasteiger partial charge in [0.25, 0.3) is 0 Å². The number of carbonyl (C=O) groups is 1. The number of carbonyl (C=O) groups excluding carboxylic acids is 1. The second-order valence-electron chi connectivity index (χ2n) is 6.73. The third-order valence-corrected chi connectivity index (χ3v) is 4.34. The van der Waals surface area contributed by atoms with Crippen molar-refractivity contribution in [3.05, 3.63) is 34.3 Å². The molecule has 1 aromatic carbocycles. The number of amides is 1. The molecule has 1 saturated heterocycles. The molecule has 22 heavy (non-hydrogen) atoms. The third kappa shape index (κ3) is 4.71. The van der Waals surface area contributed by atoms with E-state index in [1.165, 1.54) is 5.56 Å². The smallest absolute Gasteiger partial charge is 0.410 e. The molecule has 0 aromatic heterocycles. The van der Waals surface area contributed by atoms with E-state index in [0.29, 0.717) is 19.1 Å². The summed E-state index contributed by atoms with van der Waals surface area (Å²) in [7, 11) is 0. The summed E-state index contributed by atoms with van der Waals surface area (Å²) in [4.78, 5) is 16.3. The number of benzene rings is 1. The molecular weight excluding hydrogens is 344 g/mol. The Morgan fingerprint density at radius 1 is 1.23 bits per heavy atom. The van der Waals surface area contributed by atoms with E-state index < -0.39 is 5.60 Å². The van der Waals surface area contributed by atoms with Crippen LogP contribution in [0.1, 0.15) is 39.3 Å². The van der Waals surface area contributed by atoms with Gasteiger partial charge in [-0.3, -0.25) is 4.90 Å². The van der Waals surface area contributed by atoms with E-state index in [2.05, 4.69) is 46.0 Å². The average Bonchev–Trinajstić information content (AvgIpc) is 2.45. The van der Waals surface area contributed by atoms with Gasteiger partial charge in [0.2, 0.25) is 0 Å². The van der Waals surface area contributed by atoms with Crippen molar-refractivity contribution in [3.63, 3.8) is 0 Å². The van der Waals surface area contributed by atoms with Gasteiger partial charge in [-0.1, -0.05) is 28.1 Å². The van der Waals surface area contributed by atoms with Gasteiger partial charge < -0.3 is 9.64 Å². The van der Waals surface area contributed by atoms with E-state index in [4.69, 9.17) is 4.74 Å². The van der Waals surface area contributed by atoms with Gasteiger partial charge in [-0.15, -0.1) is 0 Å². The fourth-order valence-corrected chi connectivity index (χ4v) is 3.01. The lowest BCUT2D eigenvalue weighted by Gasteiger charge is -2.38. The molecule has 0 bridgehead atoms.